The second-order valence-corrected chi connectivity index (χ2v) is 38.3. The molecule has 640 valence electrons. The number of ether oxygens (including phenoxy) is 4. The Morgan fingerprint density at radius 3 is 1.07 bits per heavy atom. The summed E-state index contributed by atoms with van der Waals surface area (Å²) in [7, 11) is -14.7. The molecule has 0 aliphatic carbocycles. The molecule has 0 saturated heterocycles. The Hall–Kier alpha value is -11.1. The lowest BCUT2D eigenvalue weighted by Crippen LogP contribution is -2.30. The van der Waals surface area contributed by atoms with Crippen LogP contribution in [0.15, 0.2) is 182 Å². The summed E-state index contributed by atoms with van der Waals surface area (Å²) >= 11 is 24.6. The van der Waals surface area contributed by atoms with Gasteiger partial charge in [-0.15, -0.1) is 0 Å². The molecule has 24 nitrogen and oxygen atoms in total. The molecule has 4 aromatic heterocycles. The molecule has 0 unspecified atom stereocenters. The quantitative estimate of drug-likeness (QED) is 0.0211. The van der Waals surface area contributed by atoms with E-state index in [1.165, 1.54) is 0 Å². The highest BCUT2D eigenvalue weighted by Crippen LogP contribution is 2.35. The van der Waals surface area contributed by atoms with Gasteiger partial charge in [-0.2, -0.15) is 0 Å². The first kappa shape index (κ1) is 91.7. The Morgan fingerprint density at radius 1 is 0.320 bits per heavy atom. The van der Waals surface area contributed by atoms with Crippen LogP contribution in [0.25, 0.3) is 65.2 Å². The molecule has 0 bridgehead atoms. The minimum Gasteiger partial charge on any atom is -0.494 e. The van der Waals surface area contributed by atoms with Crippen LogP contribution >= 0.6 is 46.4 Å². The summed E-state index contributed by atoms with van der Waals surface area (Å²) in [5.74, 6) is 0.349. The highest BCUT2D eigenvalue weighted by Gasteiger charge is 2.26. The Balaban J connectivity index is 0.000000159. The second-order valence-electron chi connectivity index (χ2n) is 29.7. The van der Waals surface area contributed by atoms with Crippen molar-refractivity contribution in [2.75, 3.05) is 51.5 Å². The van der Waals surface area contributed by atoms with E-state index in [-0.39, 0.29) is 22.8 Å². The third kappa shape index (κ3) is 24.6. The van der Waals surface area contributed by atoms with Crippen LogP contribution in [-0.2, 0) is 65.8 Å². The molecular formula is C90H92Cl4N8O16S4. The number of aromatic nitrogens is 4. The molecule has 122 heavy (non-hydrogen) atoms. The predicted octanol–water partition coefficient (Wildman–Crippen LogP) is 18.2. The van der Waals surface area contributed by atoms with Gasteiger partial charge >= 0.3 is 0 Å². The van der Waals surface area contributed by atoms with E-state index in [0.29, 0.717) is 104 Å². The zero-order valence-corrected chi connectivity index (χ0v) is 74.8. The van der Waals surface area contributed by atoms with Crippen LogP contribution in [0.4, 0.5) is 0 Å². The van der Waals surface area contributed by atoms with Gasteiger partial charge in [-0.05, 0) is 233 Å². The Kier molecular flexibility index (Phi) is 29.9. The summed E-state index contributed by atoms with van der Waals surface area (Å²) in [4.78, 5) is 62.4. The number of hydrogen-bond donors (Lipinski definition) is 8. The number of hydrogen-bond acceptors (Lipinski definition) is 16. The van der Waals surface area contributed by atoms with Crippen LogP contribution in [0.3, 0.4) is 0 Å². The van der Waals surface area contributed by atoms with Crippen molar-refractivity contribution in [1.82, 2.24) is 38.8 Å². The molecule has 0 aliphatic heterocycles. The minimum atomic E-state index is -3.70. The first-order valence-electron chi connectivity index (χ1n) is 38.6. The summed E-state index contributed by atoms with van der Waals surface area (Å²) in [6.07, 6.45) is 8.59. The molecule has 4 heterocycles. The number of rotatable bonds is 28. The van der Waals surface area contributed by atoms with Gasteiger partial charge < -0.3 is 38.9 Å². The van der Waals surface area contributed by atoms with Gasteiger partial charge in [-0.25, -0.2) is 52.6 Å². The fourth-order valence-corrected chi connectivity index (χ4v) is 16.5. The zero-order chi connectivity index (χ0) is 88.1. The first-order chi connectivity index (χ1) is 57.7. The fraction of sp³-hybridized carbons (Fsp3) is 0.244. The van der Waals surface area contributed by atoms with E-state index in [4.69, 9.17) is 65.4 Å². The number of fused-ring (bicyclic) bond motifs is 6. The lowest BCUT2D eigenvalue weighted by molar-refractivity contribution is 0.0967. The first-order valence-corrected chi connectivity index (χ1v) is 47.7. The Labute approximate surface area is 728 Å². The second kappa shape index (κ2) is 39.8. The van der Waals surface area contributed by atoms with E-state index < -0.39 is 63.7 Å². The van der Waals surface area contributed by atoms with Gasteiger partial charge in [0.2, 0.25) is 40.1 Å². The molecule has 0 fully saturated rings. The molecule has 32 heteroatoms. The number of carbonyl (C=O) groups excluding carboxylic acids is 4. The highest BCUT2D eigenvalue weighted by molar-refractivity contribution is 7.90. The summed E-state index contributed by atoms with van der Waals surface area (Å²) in [6, 6.07) is 57.5. The number of aryl methyl sites for hydroxylation is 10. The SMILES string of the molecule is CS(=O)(=O)NC(=O)c1[nH]c2cc(Cl)ccc2c1CCCOc1ccc(Cl)c2ccccc12.Cc1ccc2c(CCCOc3cc(C)c(Cl)c(C)c3)c(C(=O)NS(C)(=O)=O)[nH]c2c1.Cc1ccc2c(CCCOc3ccc(Cl)c(C)c3)c(C(=O)NS(C)(=O)=O)[nH]c2c1.Cc1ccc2c(CCCOc3cccc4ccccc34)c(C(=O)NS(C)(=O)=O)[nH]c2c1. The predicted molar refractivity (Wildman–Crippen MR) is 487 cm³/mol. The normalized spacial score (nSPS) is 11.7. The molecule has 14 aromatic rings. The number of amides is 4. The molecule has 14 rings (SSSR count). The van der Waals surface area contributed by atoms with E-state index in [1.807, 2.05) is 213 Å². The van der Waals surface area contributed by atoms with Gasteiger partial charge in [0.15, 0.2) is 0 Å². The van der Waals surface area contributed by atoms with Gasteiger partial charge in [0.05, 0.1) is 51.5 Å². The van der Waals surface area contributed by atoms with E-state index >= 15 is 0 Å². The van der Waals surface area contributed by atoms with Crippen molar-refractivity contribution in [2.24, 2.45) is 0 Å². The number of H-pyrrole nitrogens is 4. The topological polar surface area (TPSA) is 353 Å². The molecule has 10 aromatic carbocycles. The number of halogens is 4. The van der Waals surface area contributed by atoms with E-state index in [1.54, 1.807) is 24.3 Å². The van der Waals surface area contributed by atoms with Crippen molar-refractivity contribution in [3.05, 3.63) is 280 Å². The van der Waals surface area contributed by atoms with E-state index in [9.17, 15) is 52.8 Å². The largest absolute Gasteiger partial charge is 0.494 e. The summed E-state index contributed by atoms with van der Waals surface area (Å²) in [6.45, 7) is 13.4. The molecule has 0 saturated carbocycles. The van der Waals surface area contributed by atoms with Crippen molar-refractivity contribution in [2.45, 2.75) is 92.9 Å². The van der Waals surface area contributed by atoms with Gasteiger partial charge in [0, 0.05) is 79.9 Å². The van der Waals surface area contributed by atoms with Crippen molar-refractivity contribution >= 4 is 175 Å². The lowest BCUT2D eigenvalue weighted by atomic mass is 10.0. The van der Waals surface area contributed by atoms with Crippen molar-refractivity contribution in [3.8, 4) is 23.0 Å². The number of aromatic amines is 4. The highest BCUT2D eigenvalue weighted by atomic mass is 35.5. The average molecular weight is 1810 g/mol. The average Bonchev–Trinajstić information content (AvgIpc) is 1.65. The van der Waals surface area contributed by atoms with E-state index in [2.05, 4.69) is 24.7 Å². The number of carbonyl (C=O) groups is 4. The smallest absolute Gasteiger partial charge is 0.281 e. The number of sulfonamides is 4. The van der Waals surface area contributed by atoms with Crippen molar-refractivity contribution < 1.29 is 71.8 Å². The molecule has 0 radical (unpaired) electrons. The third-order valence-electron chi connectivity index (χ3n) is 19.5. The molecule has 8 N–H and O–H groups in total. The van der Waals surface area contributed by atoms with Crippen LogP contribution in [0, 0.1) is 41.5 Å². The maximum Gasteiger partial charge on any atom is 0.281 e. The minimum absolute atomic E-state index is 0.199. The standard InChI is InChI=1S/C24H24N2O4S.C23H20Cl2N2O4S.C22H25ClN2O4S.C21H23ClN2O4S/c1-16-12-13-19-20(23(25-21(19)15-16)24(27)26-31(2,28)29)10-6-14-30-22-11-5-8-17-7-3-4-9-18(17)22;1-32(29,30)27-23(28)22-18(16-9-8-14(24)13-20(16)26-22)7-4-12-31-21-11-10-19(25)15-5-2-3-6-17(15)21;1-13-7-8-17-18(21(24-19(17)10-13)22(26)25-30(4,27)28)6-5-9-29-16-11-14(2)20(23)15(3)12-16;1-13-6-8-16-17(5-4-10-28-15-7-9-18(22)14(2)12-15)20(23-19(16)11-13)21(25)24-29(3,26)27/h3-5,7-9,11-13,15,25H,6,10,14H2,1-2H3,(H,26,27);2-3,5-6,8-11,13,26H,4,7,12H2,1H3,(H,27,28);7-8,10-12,24H,5-6,9H2,1-4H3,(H,25,26);6-9,11-12,23H,4-5,10H2,1-3H3,(H,24,25). The van der Waals surface area contributed by atoms with Crippen LogP contribution < -0.4 is 37.8 Å². The molecule has 0 aliphatic rings. The van der Waals surface area contributed by atoms with Crippen LogP contribution in [0.1, 0.15) is 123 Å². The Morgan fingerprint density at radius 2 is 0.656 bits per heavy atom. The molecule has 0 spiro atoms. The number of benzene rings is 10. The molecule has 0 atom stereocenters. The van der Waals surface area contributed by atoms with Crippen molar-refractivity contribution in [3.63, 3.8) is 0 Å². The summed E-state index contributed by atoms with van der Waals surface area (Å²) in [5.41, 5.74) is 13.1. The summed E-state index contributed by atoms with van der Waals surface area (Å²) < 4.78 is 124. The monoisotopic (exact) mass is 1810 g/mol. The van der Waals surface area contributed by atoms with Gasteiger partial charge in [-0.3, -0.25) is 19.2 Å². The zero-order valence-electron chi connectivity index (χ0n) is 68.5. The lowest BCUT2D eigenvalue weighted by Gasteiger charge is -2.11. The number of nitrogens with one attached hydrogen (secondary N) is 8. The van der Waals surface area contributed by atoms with Crippen LogP contribution in [-0.4, -0.2) is 129 Å². The molecule has 4 amide bonds. The van der Waals surface area contributed by atoms with Gasteiger partial charge in [0.25, 0.3) is 23.6 Å². The molecular weight excluding hydrogens is 1720 g/mol. The summed E-state index contributed by atoms with van der Waals surface area (Å²) in [5, 5.41) is 10.1. The van der Waals surface area contributed by atoms with E-state index in [0.717, 1.165) is 163 Å². The van der Waals surface area contributed by atoms with Crippen LogP contribution in [0.5, 0.6) is 23.0 Å². The Bertz CT molecular complexity index is 6780. The van der Waals surface area contributed by atoms with Gasteiger partial charge in [0.1, 0.15) is 45.8 Å². The van der Waals surface area contributed by atoms with Gasteiger partial charge in [-0.1, -0.05) is 150 Å². The maximum absolute atomic E-state index is 12.6. The third-order valence-corrected chi connectivity index (χ3v) is 23.3. The maximum atomic E-state index is 12.6. The van der Waals surface area contributed by atoms with Crippen molar-refractivity contribution in [1.29, 1.82) is 0 Å². The fourth-order valence-electron chi connectivity index (χ4n) is 14.1. The van der Waals surface area contributed by atoms with Crippen LogP contribution in [0.2, 0.25) is 20.1 Å².